The summed E-state index contributed by atoms with van der Waals surface area (Å²) in [5, 5.41) is 4.80. The van der Waals surface area contributed by atoms with E-state index in [1.165, 1.54) is 4.90 Å². The normalized spacial score (nSPS) is 26.0. The minimum atomic E-state index is -3.79. The highest BCUT2D eigenvalue weighted by Crippen LogP contribution is 2.46. The Morgan fingerprint density at radius 1 is 1.10 bits per heavy atom. The molecule has 1 heterocycles. The lowest BCUT2D eigenvalue weighted by molar-refractivity contribution is -0.141. The van der Waals surface area contributed by atoms with Crippen molar-refractivity contribution in [1.82, 2.24) is 20.3 Å². The molecular formula is C29H44N4O8S. The molecular weight excluding hydrogens is 564 g/mol. The number of sulfonamides is 1. The van der Waals surface area contributed by atoms with Crippen molar-refractivity contribution in [3.8, 4) is 0 Å². The fourth-order valence-electron chi connectivity index (χ4n) is 5.62. The molecule has 1 saturated heterocycles. The van der Waals surface area contributed by atoms with E-state index in [0.29, 0.717) is 38.5 Å². The molecule has 0 aromatic heterocycles. The fourth-order valence-corrected chi connectivity index (χ4v) is 6.98. The average Bonchev–Trinajstić information content (AvgIpc) is 3.78. The maximum absolute atomic E-state index is 13.8. The average molecular weight is 609 g/mol. The first-order chi connectivity index (χ1) is 19.6. The van der Waals surface area contributed by atoms with Crippen molar-refractivity contribution >= 4 is 39.6 Å². The molecule has 0 unspecified atom stereocenters. The van der Waals surface area contributed by atoms with E-state index >= 15 is 0 Å². The molecule has 42 heavy (non-hydrogen) atoms. The van der Waals surface area contributed by atoms with Crippen molar-refractivity contribution in [1.29, 1.82) is 0 Å². The molecule has 12 nitrogen and oxygen atoms in total. The maximum atomic E-state index is 13.8. The SMILES string of the molecule is CC[C@@H]1C[C@]1(NC(=O)[C@@H]1CCCN1C(=O)[C@H](CCC(=O)C=C1CCC1)NC(=O)OC(C)(C)C)C(=O)NS(=O)(=O)C1CC1. The Balaban J connectivity index is 1.45. The molecule has 0 aromatic carbocycles. The predicted molar refractivity (Wildman–Crippen MR) is 153 cm³/mol. The van der Waals surface area contributed by atoms with Crippen molar-refractivity contribution in [2.45, 2.75) is 127 Å². The summed E-state index contributed by atoms with van der Waals surface area (Å²) in [5.74, 6) is -2.15. The van der Waals surface area contributed by atoms with Gasteiger partial charge in [0.2, 0.25) is 21.8 Å². The Morgan fingerprint density at radius 2 is 1.79 bits per heavy atom. The number of amides is 4. The zero-order valence-corrected chi connectivity index (χ0v) is 25.8. The van der Waals surface area contributed by atoms with Crippen molar-refractivity contribution in [3.05, 3.63) is 11.6 Å². The summed E-state index contributed by atoms with van der Waals surface area (Å²) in [4.78, 5) is 66.9. The van der Waals surface area contributed by atoms with Crippen LogP contribution in [0, 0.1) is 5.92 Å². The van der Waals surface area contributed by atoms with Crippen LogP contribution in [0.2, 0.25) is 0 Å². The van der Waals surface area contributed by atoms with Crippen LogP contribution in [0.3, 0.4) is 0 Å². The molecule has 0 spiro atoms. The Morgan fingerprint density at radius 3 is 2.33 bits per heavy atom. The van der Waals surface area contributed by atoms with Gasteiger partial charge in [-0.05, 0) is 90.6 Å². The molecule has 3 saturated carbocycles. The van der Waals surface area contributed by atoms with Gasteiger partial charge in [0.05, 0.1) is 5.25 Å². The molecule has 4 rings (SSSR count). The van der Waals surface area contributed by atoms with Crippen LogP contribution in [0.25, 0.3) is 0 Å². The number of allylic oxidation sites excluding steroid dienone is 2. The van der Waals surface area contributed by atoms with Crippen molar-refractivity contribution in [2.24, 2.45) is 5.92 Å². The van der Waals surface area contributed by atoms with E-state index in [4.69, 9.17) is 4.74 Å². The van der Waals surface area contributed by atoms with Crippen LogP contribution in [0.5, 0.6) is 0 Å². The van der Waals surface area contributed by atoms with Gasteiger partial charge in [-0.15, -0.1) is 0 Å². The summed E-state index contributed by atoms with van der Waals surface area (Å²) in [6.07, 6.45) is 6.46. The van der Waals surface area contributed by atoms with E-state index in [0.717, 1.165) is 24.8 Å². The van der Waals surface area contributed by atoms with Crippen LogP contribution in [-0.2, 0) is 33.9 Å². The minimum Gasteiger partial charge on any atom is -0.444 e. The first kappa shape index (κ1) is 32.0. The Hall–Kier alpha value is -2.96. The maximum Gasteiger partial charge on any atom is 0.408 e. The molecule has 4 atom stereocenters. The molecule has 4 amide bonds. The summed E-state index contributed by atoms with van der Waals surface area (Å²) in [6.45, 7) is 7.21. The number of ketones is 1. The third-order valence-electron chi connectivity index (χ3n) is 8.42. The second-order valence-corrected chi connectivity index (χ2v) is 15.0. The lowest BCUT2D eigenvalue weighted by Gasteiger charge is -2.30. The number of carbonyl (C=O) groups excluding carboxylic acids is 5. The molecule has 3 aliphatic carbocycles. The van der Waals surface area contributed by atoms with Gasteiger partial charge in [0.25, 0.3) is 5.91 Å². The lowest BCUT2D eigenvalue weighted by atomic mass is 9.91. The summed E-state index contributed by atoms with van der Waals surface area (Å²) >= 11 is 0. The van der Waals surface area contributed by atoms with Crippen LogP contribution in [0.4, 0.5) is 4.79 Å². The third-order valence-corrected chi connectivity index (χ3v) is 10.2. The van der Waals surface area contributed by atoms with Crippen LogP contribution < -0.4 is 15.4 Å². The lowest BCUT2D eigenvalue weighted by Crippen LogP contribution is -2.58. The van der Waals surface area contributed by atoms with E-state index in [2.05, 4.69) is 15.4 Å². The first-order valence-corrected chi connectivity index (χ1v) is 16.6. The highest BCUT2D eigenvalue weighted by atomic mass is 32.2. The van der Waals surface area contributed by atoms with Gasteiger partial charge in [0.15, 0.2) is 5.78 Å². The molecule has 1 aliphatic heterocycles. The Labute approximate surface area is 247 Å². The Bertz CT molecular complexity index is 1250. The second kappa shape index (κ2) is 12.3. The van der Waals surface area contributed by atoms with Crippen LogP contribution in [0.15, 0.2) is 11.6 Å². The highest BCUT2D eigenvalue weighted by molar-refractivity contribution is 7.91. The third kappa shape index (κ3) is 7.70. The summed E-state index contributed by atoms with van der Waals surface area (Å²) in [6, 6.07) is -2.00. The molecule has 0 bridgehead atoms. The van der Waals surface area contributed by atoms with Gasteiger partial charge in [-0.3, -0.25) is 23.9 Å². The number of likely N-dealkylation sites (tertiary alicyclic amines) is 1. The van der Waals surface area contributed by atoms with E-state index in [9.17, 15) is 32.4 Å². The quantitative estimate of drug-likeness (QED) is 0.284. The van der Waals surface area contributed by atoms with Crippen molar-refractivity contribution in [2.75, 3.05) is 6.54 Å². The number of hydrogen-bond donors (Lipinski definition) is 3. The van der Waals surface area contributed by atoms with Crippen LogP contribution in [-0.4, -0.2) is 77.9 Å². The van der Waals surface area contributed by atoms with E-state index in [-0.39, 0.29) is 31.1 Å². The molecule has 13 heteroatoms. The number of nitrogens with zero attached hydrogens (tertiary/aromatic N) is 1. The summed E-state index contributed by atoms with van der Waals surface area (Å²) < 4.78 is 32.4. The standard InChI is InChI=1S/C29H44N4O8S/c1-5-19-17-29(19,26(37)32-42(39,40)21-12-13-21)31-24(35)23-10-7-15-33(23)25(36)22(30-27(38)41-28(2,3)4)14-11-20(34)16-18-8-6-9-18/h16,19,21-23H,5-15,17H2,1-4H3,(H,30,38)(H,31,35)(H,32,37)/t19-,22+,23+,29-/m1/s1. The van der Waals surface area contributed by atoms with Gasteiger partial charge in [-0.2, -0.15) is 0 Å². The molecule has 0 radical (unpaired) electrons. The van der Waals surface area contributed by atoms with Gasteiger partial charge in [0, 0.05) is 13.0 Å². The fraction of sp³-hybridized carbons (Fsp3) is 0.759. The topological polar surface area (TPSA) is 168 Å². The number of carbonyl (C=O) groups is 5. The molecule has 4 aliphatic rings. The van der Waals surface area contributed by atoms with Gasteiger partial charge in [0.1, 0.15) is 23.2 Å². The van der Waals surface area contributed by atoms with Crippen molar-refractivity contribution < 1.29 is 37.1 Å². The smallest absolute Gasteiger partial charge is 0.408 e. The minimum absolute atomic E-state index is 0.0365. The number of rotatable bonds is 12. The van der Waals surface area contributed by atoms with Gasteiger partial charge >= 0.3 is 6.09 Å². The summed E-state index contributed by atoms with van der Waals surface area (Å²) in [5.41, 5.74) is -1.08. The van der Waals surface area contributed by atoms with Gasteiger partial charge < -0.3 is 20.3 Å². The Kier molecular flexibility index (Phi) is 9.39. The van der Waals surface area contributed by atoms with E-state index < -0.39 is 62.3 Å². The van der Waals surface area contributed by atoms with Crippen LogP contribution >= 0.6 is 0 Å². The summed E-state index contributed by atoms with van der Waals surface area (Å²) in [7, 11) is -3.79. The van der Waals surface area contributed by atoms with Crippen molar-refractivity contribution in [3.63, 3.8) is 0 Å². The van der Waals surface area contributed by atoms with Crippen LogP contribution in [0.1, 0.15) is 98.3 Å². The molecule has 3 N–H and O–H groups in total. The zero-order valence-electron chi connectivity index (χ0n) is 25.0. The van der Waals surface area contributed by atoms with E-state index in [1.54, 1.807) is 26.8 Å². The first-order valence-electron chi connectivity index (χ1n) is 15.1. The number of nitrogens with one attached hydrogen (secondary N) is 3. The zero-order chi connectivity index (χ0) is 30.9. The monoisotopic (exact) mass is 608 g/mol. The number of ether oxygens (including phenoxy) is 1. The molecule has 0 aromatic rings. The van der Waals surface area contributed by atoms with E-state index in [1.807, 2.05) is 6.92 Å². The highest BCUT2D eigenvalue weighted by Gasteiger charge is 2.62. The van der Waals surface area contributed by atoms with Gasteiger partial charge in [-0.25, -0.2) is 13.2 Å². The molecule has 4 fully saturated rings. The molecule has 234 valence electrons. The second-order valence-electron chi connectivity index (χ2n) is 13.0. The predicted octanol–water partition coefficient (Wildman–Crippen LogP) is 2.22. The number of alkyl carbamates (subject to hydrolysis) is 1. The largest absolute Gasteiger partial charge is 0.444 e. The number of hydrogen-bond acceptors (Lipinski definition) is 8. The van der Waals surface area contributed by atoms with Gasteiger partial charge in [-0.1, -0.05) is 18.9 Å².